The number of carbonyl (C=O) groups excluding carboxylic acids is 1. The minimum Gasteiger partial charge on any atom is -0.493 e. The third kappa shape index (κ3) is 4.27. The van der Waals surface area contributed by atoms with Gasteiger partial charge >= 0.3 is 0 Å². The molecule has 1 aromatic heterocycles. The summed E-state index contributed by atoms with van der Waals surface area (Å²) in [6, 6.07) is 6.20. The van der Waals surface area contributed by atoms with Gasteiger partial charge in [-0.05, 0) is 36.8 Å². The maximum Gasteiger partial charge on any atom is 0.271 e. The number of hydrogen-bond donors (Lipinski definition) is 1. The van der Waals surface area contributed by atoms with Gasteiger partial charge in [-0.1, -0.05) is 23.2 Å². The monoisotopic (exact) mass is 384 g/mol. The van der Waals surface area contributed by atoms with E-state index in [9.17, 15) is 4.79 Å². The topological polar surface area (TPSA) is 69.7 Å². The van der Waals surface area contributed by atoms with Crippen LogP contribution in [0.3, 0.4) is 0 Å². The number of methoxy groups -OCH3 is 3. The molecule has 0 radical (unpaired) electrons. The molecule has 1 heterocycles. The fourth-order valence-electron chi connectivity index (χ4n) is 2.28. The van der Waals surface area contributed by atoms with E-state index in [2.05, 4.69) is 10.3 Å². The molecule has 0 aliphatic heterocycles. The number of ether oxygens (including phenoxy) is 3. The molecule has 1 amide bonds. The van der Waals surface area contributed by atoms with Crippen molar-refractivity contribution in [2.75, 3.05) is 21.3 Å². The van der Waals surface area contributed by atoms with Crippen molar-refractivity contribution >= 4 is 29.1 Å². The van der Waals surface area contributed by atoms with E-state index in [-0.39, 0.29) is 21.9 Å². The number of nitrogens with one attached hydrogen (secondary N) is 1. The van der Waals surface area contributed by atoms with Crippen molar-refractivity contribution in [3.8, 4) is 17.2 Å². The Bertz CT molecular complexity index is 758. The van der Waals surface area contributed by atoms with Crippen molar-refractivity contribution in [1.82, 2.24) is 10.3 Å². The molecular weight excluding hydrogens is 367 g/mol. The molecule has 0 fully saturated rings. The normalized spacial score (nSPS) is 11.6. The summed E-state index contributed by atoms with van der Waals surface area (Å²) in [5.41, 5.74) is 0.828. The predicted molar refractivity (Wildman–Crippen MR) is 96.2 cm³/mol. The van der Waals surface area contributed by atoms with E-state index in [1.807, 2.05) is 6.92 Å². The van der Waals surface area contributed by atoms with Gasteiger partial charge in [-0.25, -0.2) is 4.98 Å². The van der Waals surface area contributed by atoms with E-state index < -0.39 is 5.91 Å². The van der Waals surface area contributed by atoms with Crippen LogP contribution in [-0.2, 0) is 0 Å². The number of aromatic nitrogens is 1. The van der Waals surface area contributed by atoms with Gasteiger partial charge in [0.1, 0.15) is 10.8 Å². The highest BCUT2D eigenvalue weighted by atomic mass is 35.5. The molecule has 6 nitrogen and oxygen atoms in total. The molecule has 1 atom stereocenters. The Labute approximate surface area is 156 Å². The molecular formula is C17H18Cl2N2O4. The summed E-state index contributed by atoms with van der Waals surface area (Å²) in [5.74, 6) is 1.04. The van der Waals surface area contributed by atoms with Crippen molar-refractivity contribution < 1.29 is 19.0 Å². The molecule has 8 heteroatoms. The van der Waals surface area contributed by atoms with Crippen molar-refractivity contribution in [2.24, 2.45) is 0 Å². The first-order valence-corrected chi connectivity index (χ1v) is 8.09. The number of benzene rings is 1. The number of rotatable bonds is 6. The zero-order valence-corrected chi connectivity index (χ0v) is 15.7. The lowest BCUT2D eigenvalue weighted by atomic mass is 10.1. The molecule has 25 heavy (non-hydrogen) atoms. The molecule has 0 unspecified atom stereocenters. The van der Waals surface area contributed by atoms with Crippen LogP contribution in [0.15, 0.2) is 24.3 Å². The minimum absolute atomic E-state index is 0.0634. The van der Waals surface area contributed by atoms with Gasteiger partial charge in [0.25, 0.3) is 5.91 Å². The summed E-state index contributed by atoms with van der Waals surface area (Å²) in [5, 5.41) is 3.24. The van der Waals surface area contributed by atoms with Gasteiger partial charge in [0.05, 0.1) is 32.4 Å². The van der Waals surface area contributed by atoms with Crippen LogP contribution in [-0.4, -0.2) is 32.2 Å². The number of hydrogen-bond acceptors (Lipinski definition) is 5. The highest BCUT2D eigenvalue weighted by Gasteiger charge is 2.20. The maximum atomic E-state index is 12.4. The summed E-state index contributed by atoms with van der Waals surface area (Å²) in [4.78, 5) is 16.4. The van der Waals surface area contributed by atoms with Crippen molar-refractivity contribution in [3.05, 3.63) is 45.7 Å². The van der Waals surface area contributed by atoms with Crippen molar-refractivity contribution in [1.29, 1.82) is 0 Å². The summed E-state index contributed by atoms with van der Waals surface area (Å²) in [7, 11) is 4.58. The summed E-state index contributed by atoms with van der Waals surface area (Å²) < 4.78 is 15.9. The first-order chi connectivity index (χ1) is 11.9. The molecule has 0 aliphatic carbocycles. The Morgan fingerprint density at radius 1 is 1.08 bits per heavy atom. The molecule has 0 aliphatic rings. The maximum absolute atomic E-state index is 12.4. The van der Waals surface area contributed by atoms with Crippen LogP contribution in [0.25, 0.3) is 0 Å². The number of pyridine rings is 1. The molecule has 0 saturated heterocycles. The Hall–Kier alpha value is -2.18. The van der Waals surface area contributed by atoms with Gasteiger partial charge in [0, 0.05) is 0 Å². The van der Waals surface area contributed by atoms with E-state index in [1.165, 1.54) is 33.5 Å². The summed E-state index contributed by atoms with van der Waals surface area (Å²) in [6.45, 7) is 1.82. The third-order valence-electron chi connectivity index (χ3n) is 3.56. The molecule has 2 aromatic rings. The molecule has 1 aromatic carbocycles. The van der Waals surface area contributed by atoms with E-state index >= 15 is 0 Å². The molecule has 0 saturated carbocycles. The standard InChI is InChI=1S/C17H18Cl2N2O4/c1-9(20-17(22)15-11(18)5-6-14(19)21-15)10-7-12(23-2)16(25-4)13(8-10)24-3/h5-9H,1-4H3,(H,20,22)/t9-/m0/s1. The fourth-order valence-corrected chi connectivity index (χ4v) is 2.62. The summed E-state index contributed by atoms with van der Waals surface area (Å²) in [6.07, 6.45) is 0. The van der Waals surface area contributed by atoms with Crippen LogP contribution >= 0.6 is 23.2 Å². The van der Waals surface area contributed by atoms with Crippen LogP contribution in [0, 0.1) is 0 Å². The van der Waals surface area contributed by atoms with E-state index in [4.69, 9.17) is 37.4 Å². The van der Waals surface area contributed by atoms with Crippen molar-refractivity contribution in [3.63, 3.8) is 0 Å². The largest absolute Gasteiger partial charge is 0.493 e. The highest BCUT2D eigenvalue weighted by Crippen LogP contribution is 2.39. The van der Waals surface area contributed by atoms with Crippen LogP contribution < -0.4 is 19.5 Å². The first-order valence-electron chi connectivity index (χ1n) is 7.34. The second-order valence-electron chi connectivity index (χ2n) is 5.12. The van der Waals surface area contributed by atoms with Crippen LogP contribution in [0.1, 0.15) is 29.0 Å². The second-order valence-corrected chi connectivity index (χ2v) is 5.91. The number of carbonyl (C=O) groups is 1. The number of nitrogens with zero attached hydrogens (tertiary/aromatic N) is 1. The fraction of sp³-hybridized carbons (Fsp3) is 0.294. The average Bonchev–Trinajstić information content (AvgIpc) is 2.61. The Morgan fingerprint density at radius 2 is 1.68 bits per heavy atom. The van der Waals surface area contributed by atoms with Gasteiger partial charge in [-0.15, -0.1) is 0 Å². The molecule has 1 N–H and O–H groups in total. The smallest absolute Gasteiger partial charge is 0.271 e. The van der Waals surface area contributed by atoms with Gasteiger partial charge in [0.2, 0.25) is 5.75 Å². The van der Waals surface area contributed by atoms with Crippen LogP contribution in [0.2, 0.25) is 10.2 Å². The molecule has 0 spiro atoms. The highest BCUT2D eigenvalue weighted by molar-refractivity contribution is 6.34. The first kappa shape index (κ1) is 19.1. The van der Waals surface area contributed by atoms with Gasteiger partial charge < -0.3 is 19.5 Å². The SMILES string of the molecule is COc1cc([C@H](C)NC(=O)c2nc(Cl)ccc2Cl)cc(OC)c1OC. The lowest BCUT2D eigenvalue weighted by molar-refractivity contribution is 0.0935. The van der Waals surface area contributed by atoms with Crippen LogP contribution in [0.4, 0.5) is 0 Å². The number of halogens is 2. The molecule has 134 valence electrons. The zero-order chi connectivity index (χ0) is 18.6. The Kier molecular flexibility index (Phi) is 6.33. The van der Waals surface area contributed by atoms with Gasteiger partial charge in [-0.2, -0.15) is 0 Å². The third-order valence-corrected chi connectivity index (χ3v) is 4.08. The van der Waals surface area contributed by atoms with Gasteiger partial charge in [-0.3, -0.25) is 4.79 Å². The lowest BCUT2D eigenvalue weighted by Crippen LogP contribution is -2.27. The second kappa shape index (κ2) is 8.27. The molecule has 2 rings (SSSR count). The van der Waals surface area contributed by atoms with E-state index in [1.54, 1.807) is 12.1 Å². The van der Waals surface area contributed by atoms with Crippen LogP contribution in [0.5, 0.6) is 17.2 Å². The average molecular weight is 385 g/mol. The Balaban J connectivity index is 2.30. The Morgan fingerprint density at radius 3 is 2.20 bits per heavy atom. The van der Waals surface area contributed by atoms with Gasteiger partial charge in [0.15, 0.2) is 11.5 Å². The quantitative estimate of drug-likeness (QED) is 0.764. The molecule has 0 bridgehead atoms. The van der Waals surface area contributed by atoms with E-state index in [0.717, 1.165) is 5.56 Å². The number of amides is 1. The van der Waals surface area contributed by atoms with Crippen molar-refractivity contribution in [2.45, 2.75) is 13.0 Å². The predicted octanol–water partition coefficient (Wildman–Crippen LogP) is 3.91. The lowest BCUT2D eigenvalue weighted by Gasteiger charge is -2.19. The zero-order valence-electron chi connectivity index (χ0n) is 14.2. The minimum atomic E-state index is -0.436. The summed E-state index contributed by atoms with van der Waals surface area (Å²) >= 11 is 11.8. The van der Waals surface area contributed by atoms with E-state index in [0.29, 0.717) is 17.2 Å².